The molecule has 0 saturated heterocycles. The third kappa shape index (κ3) is 3.46. The quantitative estimate of drug-likeness (QED) is 0.393. The van der Waals surface area contributed by atoms with E-state index in [1.807, 2.05) is 0 Å². The number of rotatable bonds is 1. The van der Waals surface area contributed by atoms with Gasteiger partial charge in [-0.1, -0.05) is 18.2 Å². The van der Waals surface area contributed by atoms with E-state index >= 15 is 0 Å². The van der Waals surface area contributed by atoms with Gasteiger partial charge in [0.2, 0.25) is 5.91 Å². The van der Waals surface area contributed by atoms with E-state index in [9.17, 15) is 10.0 Å². The van der Waals surface area contributed by atoms with Crippen LogP contribution >= 0.6 is 0 Å². The SMILES string of the molecule is O=C(N[O-])c1ccccc1.[K+]. The van der Waals surface area contributed by atoms with Crippen molar-refractivity contribution in [3.63, 3.8) is 0 Å². The van der Waals surface area contributed by atoms with Crippen LogP contribution in [0.4, 0.5) is 0 Å². The van der Waals surface area contributed by atoms with E-state index < -0.39 is 5.91 Å². The molecule has 0 spiro atoms. The van der Waals surface area contributed by atoms with Crippen LogP contribution in [0.15, 0.2) is 30.3 Å². The van der Waals surface area contributed by atoms with E-state index in [1.165, 1.54) is 5.48 Å². The summed E-state index contributed by atoms with van der Waals surface area (Å²) in [5.74, 6) is -0.597. The van der Waals surface area contributed by atoms with E-state index in [0.717, 1.165) is 0 Å². The normalized spacial score (nSPS) is 8.09. The zero-order valence-electron chi connectivity index (χ0n) is 6.20. The molecule has 4 heteroatoms. The maximum absolute atomic E-state index is 10.6. The minimum absolute atomic E-state index is 0. The van der Waals surface area contributed by atoms with E-state index in [-0.39, 0.29) is 51.4 Å². The van der Waals surface area contributed by atoms with E-state index in [2.05, 4.69) is 0 Å². The van der Waals surface area contributed by atoms with Crippen LogP contribution in [0, 0.1) is 5.21 Å². The number of amides is 1. The van der Waals surface area contributed by atoms with Crippen LogP contribution in [0.5, 0.6) is 0 Å². The Hall–Kier alpha value is 0.286. The van der Waals surface area contributed by atoms with Crippen LogP contribution in [0.1, 0.15) is 10.4 Å². The van der Waals surface area contributed by atoms with Crippen molar-refractivity contribution in [1.29, 1.82) is 0 Å². The number of hydrogen-bond acceptors (Lipinski definition) is 2. The summed E-state index contributed by atoms with van der Waals surface area (Å²) in [5, 5.41) is 9.83. The maximum Gasteiger partial charge on any atom is 1.00 e. The van der Waals surface area contributed by atoms with E-state index in [1.54, 1.807) is 30.3 Å². The van der Waals surface area contributed by atoms with E-state index in [4.69, 9.17) is 0 Å². The fourth-order valence-electron chi connectivity index (χ4n) is 0.648. The first kappa shape index (κ1) is 11.3. The van der Waals surface area contributed by atoms with Crippen molar-refractivity contribution in [1.82, 2.24) is 5.48 Å². The van der Waals surface area contributed by atoms with Crippen molar-refractivity contribution in [3.05, 3.63) is 41.1 Å². The molecule has 1 N–H and O–H groups in total. The van der Waals surface area contributed by atoms with Gasteiger partial charge < -0.3 is 10.7 Å². The van der Waals surface area contributed by atoms with Crippen molar-refractivity contribution in [2.75, 3.05) is 0 Å². The fourth-order valence-corrected chi connectivity index (χ4v) is 0.648. The van der Waals surface area contributed by atoms with Crippen LogP contribution in [0.3, 0.4) is 0 Å². The van der Waals surface area contributed by atoms with Gasteiger partial charge in [-0.3, -0.25) is 4.79 Å². The van der Waals surface area contributed by atoms with E-state index in [0.29, 0.717) is 5.56 Å². The molecule has 0 bridgehead atoms. The van der Waals surface area contributed by atoms with Crippen LogP contribution in [-0.4, -0.2) is 5.91 Å². The number of carbonyl (C=O) groups excluding carboxylic acids is 1. The molecule has 0 aliphatic heterocycles. The van der Waals surface area contributed by atoms with Crippen molar-refractivity contribution in [3.8, 4) is 0 Å². The predicted molar refractivity (Wildman–Crippen MR) is 37.3 cm³/mol. The molecule has 0 heterocycles. The Morgan fingerprint density at radius 2 is 1.82 bits per heavy atom. The topological polar surface area (TPSA) is 52.2 Å². The number of carbonyl (C=O) groups is 1. The summed E-state index contributed by atoms with van der Waals surface area (Å²) in [6, 6.07) is 8.33. The van der Waals surface area contributed by atoms with Crippen LogP contribution in [-0.2, 0) is 0 Å². The maximum atomic E-state index is 10.6. The van der Waals surface area contributed by atoms with Gasteiger partial charge >= 0.3 is 51.4 Å². The van der Waals surface area contributed by atoms with Gasteiger partial charge in [0, 0.05) is 5.56 Å². The minimum atomic E-state index is -0.597. The second-order valence-electron chi connectivity index (χ2n) is 1.80. The number of hydroxylamine groups is 1. The van der Waals surface area contributed by atoms with Crippen molar-refractivity contribution >= 4 is 5.91 Å². The van der Waals surface area contributed by atoms with Gasteiger partial charge in [-0.15, -0.1) is 0 Å². The van der Waals surface area contributed by atoms with Gasteiger partial charge in [0.05, 0.1) is 0 Å². The Morgan fingerprint density at radius 1 is 1.27 bits per heavy atom. The molecule has 0 aromatic heterocycles. The molecule has 1 rings (SSSR count). The molecular formula is C7H6KNO2. The Bertz CT molecular complexity index is 225. The second-order valence-corrected chi connectivity index (χ2v) is 1.80. The minimum Gasteiger partial charge on any atom is -0.759 e. The third-order valence-corrected chi connectivity index (χ3v) is 1.13. The monoisotopic (exact) mass is 175 g/mol. The Balaban J connectivity index is 0.000001000. The first-order valence-corrected chi connectivity index (χ1v) is 2.82. The molecule has 3 nitrogen and oxygen atoms in total. The predicted octanol–water partition coefficient (Wildman–Crippen LogP) is -2.08. The molecule has 0 saturated carbocycles. The molecule has 0 fully saturated rings. The van der Waals surface area contributed by atoms with Gasteiger partial charge in [0.1, 0.15) is 0 Å². The number of nitrogens with one attached hydrogen (secondary N) is 1. The van der Waals surface area contributed by atoms with Gasteiger partial charge in [-0.25, -0.2) is 0 Å². The zero-order chi connectivity index (χ0) is 7.40. The van der Waals surface area contributed by atoms with Gasteiger partial charge in [0.15, 0.2) is 0 Å². The smallest absolute Gasteiger partial charge is 0.759 e. The standard InChI is InChI=1S/C7H6NO2.K/c9-7(8-10)6-4-2-1-3-5-6;/h1-5H,(H-,8,9,10);/q-1;+1. The van der Waals surface area contributed by atoms with Gasteiger partial charge in [0.25, 0.3) is 0 Å². The average Bonchev–Trinajstić information content (AvgIpc) is 2.05. The molecule has 11 heavy (non-hydrogen) atoms. The van der Waals surface area contributed by atoms with Crippen LogP contribution in [0.2, 0.25) is 0 Å². The van der Waals surface area contributed by atoms with Crippen LogP contribution < -0.4 is 56.9 Å². The molecule has 1 aromatic rings. The fraction of sp³-hybridized carbons (Fsp3) is 0. The Kier molecular flexibility index (Phi) is 6.03. The summed E-state index contributed by atoms with van der Waals surface area (Å²) in [4.78, 5) is 10.6. The molecule has 1 aromatic carbocycles. The summed E-state index contributed by atoms with van der Waals surface area (Å²) < 4.78 is 0. The van der Waals surface area contributed by atoms with Gasteiger partial charge in [-0.2, -0.15) is 0 Å². The molecule has 0 radical (unpaired) electrons. The Labute approximate surface area is 107 Å². The average molecular weight is 175 g/mol. The van der Waals surface area contributed by atoms with Gasteiger partial charge in [-0.05, 0) is 12.1 Å². The summed E-state index contributed by atoms with van der Waals surface area (Å²) in [5.41, 5.74) is 1.68. The van der Waals surface area contributed by atoms with Crippen molar-refractivity contribution in [2.45, 2.75) is 0 Å². The summed E-state index contributed by atoms with van der Waals surface area (Å²) in [6.07, 6.45) is 0. The molecule has 0 atom stereocenters. The third-order valence-electron chi connectivity index (χ3n) is 1.13. The van der Waals surface area contributed by atoms with Crippen molar-refractivity contribution in [2.24, 2.45) is 0 Å². The summed E-state index contributed by atoms with van der Waals surface area (Å²) in [6.45, 7) is 0. The summed E-state index contributed by atoms with van der Waals surface area (Å²) >= 11 is 0. The molecule has 52 valence electrons. The molecule has 0 aliphatic rings. The Morgan fingerprint density at radius 3 is 2.27 bits per heavy atom. The number of hydrogen-bond donors (Lipinski definition) is 1. The molecule has 0 unspecified atom stereocenters. The number of benzene rings is 1. The zero-order valence-corrected chi connectivity index (χ0v) is 9.33. The van der Waals surface area contributed by atoms with Crippen LogP contribution in [0.25, 0.3) is 0 Å². The summed E-state index contributed by atoms with van der Waals surface area (Å²) in [7, 11) is 0. The first-order valence-electron chi connectivity index (χ1n) is 2.82. The molecular weight excluding hydrogens is 169 g/mol. The molecule has 1 amide bonds. The largest absolute Gasteiger partial charge is 1.00 e. The first-order chi connectivity index (χ1) is 4.84. The molecule has 0 aliphatic carbocycles. The van der Waals surface area contributed by atoms with Crippen molar-refractivity contribution < 1.29 is 56.2 Å². The second kappa shape index (κ2) is 5.88.